The van der Waals surface area contributed by atoms with Gasteiger partial charge in [0.15, 0.2) is 17.7 Å². The standard InChI is InChI=1S/C30H31Br2Cl2F2N5O4/c1-28(2,15-42)45-40-27(43)20-13-25-26(37-16-41(25,3)14-19-5-4-10-44-19)29(35,36)30(20,38-23-8-6-17(31)11-21(23)33)39-24-9-7-18(32)12-22(24)34/h6-9,11-13,16,19,38-39,42H,4-5,10,14-15H2,1-3H3/p+1. The Hall–Kier alpha value is -2.10. The van der Waals surface area contributed by atoms with Crippen molar-refractivity contribution in [2.24, 2.45) is 4.99 Å². The van der Waals surface area contributed by atoms with Gasteiger partial charge < -0.3 is 20.5 Å². The third-order valence-corrected chi connectivity index (χ3v) is 9.46. The zero-order valence-corrected chi connectivity index (χ0v) is 29.2. The van der Waals surface area contributed by atoms with E-state index in [4.69, 9.17) is 32.8 Å². The molecule has 0 spiro atoms. The summed E-state index contributed by atoms with van der Waals surface area (Å²) in [6.07, 6.45) is 4.29. The van der Waals surface area contributed by atoms with Crippen LogP contribution < -0.4 is 16.1 Å². The number of amides is 1. The number of nitrogens with one attached hydrogen (secondary N) is 3. The van der Waals surface area contributed by atoms with E-state index in [1.54, 1.807) is 19.2 Å². The molecule has 1 aliphatic carbocycles. The third-order valence-electron chi connectivity index (χ3n) is 7.85. The number of carbonyl (C=O) groups is 1. The Morgan fingerprint density at radius 2 is 1.76 bits per heavy atom. The minimum absolute atomic E-state index is 0.0956. The molecular weight excluding hydrogens is 763 g/mol. The number of alkyl halides is 2. The van der Waals surface area contributed by atoms with Crippen LogP contribution in [0.5, 0.6) is 0 Å². The monoisotopic (exact) mass is 792 g/mol. The van der Waals surface area contributed by atoms with Crippen LogP contribution in [0.1, 0.15) is 26.7 Å². The number of hydrogen-bond acceptors (Lipinski definition) is 7. The molecule has 242 valence electrons. The first-order valence-electron chi connectivity index (χ1n) is 14.0. The predicted molar refractivity (Wildman–Crippen MR) is 177 cm³/mol. The van der Waals surface area contributed by atoms with E-state index < -0.39 is 41.0 Å². The Morgan fingerprint density at radius 1 is 1.16 bits per heavy atom. The molecule has 4 N–H and O–H groups in total. The SMILES string of the molecule is CC(C)(CO)ONC(=O)C1=CC2=C(N=C[N+]2(C)CC2CCCO2)C(F)(F)C1(Nc1ccc(Br)cc1Cl)Nc1ccc(Br)cc1Cl. The lowest BCUT2D eigenvalue weighted by Crippen LogP contribution is -2.66. The number of allylic oxidation sites excluding steroid dienone is 1. The number of aliphatic imine (C=N–C) groups is 1. The quantitative estimate of drug-likeness (QED) is 0.117. The lowest BCUT2D eigenvalue weighted by molar-refractivity contribution is -0.772. The number of halogens is 6. The number of aliphatic hydroxyl groups is 1. The predicted octanol–water partition coefficient (Wildman–Crippen LogP) is 7.01. The Kier molecular flexibility index (Phi) is 9.77. The van der Waals surface area contributed by atoms with Crippen LogP contribution >= 0.6 is 55.1 Å². The van der Waals surface area contributed by atoms with E-state index in [0.717, 1.165) is 12.8 Å². The molecule has 15 heteroatoms. The molecule has 1 saturated heterocycles. The normalized spacial score (nSPS) is 23.5. The van der Waals surface area contributed by atoms with Crippen LogP contribution in [-0.2, 0) is 14.4 Å². The summed E-state index contributed by atoms with van der Waals surface area (Å²) in [5.41, 5.74) is -2.33. The zero-order chi connectivity index (χ0) is 32.8. The van der Waals surface area contributed by atoms with E-state index in [0.29, 0.717) is 22.1 Å². The van der Waals surface area contributed by atoms with E-state index >= 15 is 8.78 Å². The minimum Gasteiger partial charge on any atom is -0.393 e. The van der Waals surface area contributed by atoms with E-state index in [1.807, 2.05) is 0 Å². The van der Waals surface area contributed by atoms with Crippen LogP contribution in [0.25, 0.3) is 0 Å². The Balaban J connectivity index is 1.72. The van der Waals surface area contributed by atoms with E-state index in [-0.39, 0.29) is 37.7 Å². The molecule has 2 aliphatic heterocycles. The number of quaternary nitrogens is 1. The molecule has 0 aromatic heterocycles. The smallest absolute Gasteiger partial charge is 0.340 e. The number of likely N-dealkylation sites (N-methyl/N-ethyl adjacent to an activating group) is 1. The van der Waals surface area contributed by atoms with Crippen molar-refractivity contribution >= 4 is 78.7 Å². The maximum atomic E-state index is 17.5. The highest BCUT2D eigenvalue weighted by Crippen LogP contribution is 2.52. The van der Waals surface area contributed by atoms with Gasteiger partial charge >= 0.3 is 5.92 Å². The van der Waals surface area contributed by atoms with Gasteiger partial charge in [-0.25, -0.2) is 9.96 Å². The lowest BCUT2D eigenvalue weighted by atomic mass is 9.82. The highest BCUT2D eigenvalue weighted by Gasteiger charge is 2.67. The Labute approximate surface area is 286 Å². The molecule has 9 nitrogen and oxygen atoms in total. The summed E-state index contributed by atoms with van der Waals surface area (Å²) in [5.74, 6) is -4.91. The van der Waals surface area contributed by atoms with Crippen molar-refractivity contribution in [3.05, 3.63) is 78.4 Å². The van der Waals surface area contributed by atoms with Crippen molar-refractivity contribution in [2.75, 3.05) is 37.4 Å². The second-order valence-corrected chi connectivity index (χ2v) is 14.5. The van der Waals surface area contributed by atoms with E-state index in [1.165, 1.54) is 50.5 Å². The van der Waals surface area contributed by atoms with Crippen LogP contribution in [-0.4, -0.2) is 71.9 Å². The molecule has 2 unspecified atom stereocenters. The topological polar surface area (TPSA) is 104 Å². The molecule has 3 aliphatic rings. The van der Waals surface area contributed by atoms with Gasteiger partial charge in [0.25, 0.3) is 5.91 Å². The van der Waals surface area contributed by atoms with Crippen molar-refractivity contribution in [1.29, 1.82) is 0 Å². The minimum atomic E-state index is -3.91. The number of ether oxygens (including phenoxy) is 1. The second-order valence-electron chi connectivity index (χ2n) is 11.9. The fourth-order valence-corrected chi connectivity index (χ4v) is 6.82. The summed E-state index contributed by atoms with van der Waals surface area (Å²) in [4.78, 5) is 23.8. The number of hydroxylamine groups is 1. The van der Waals surface area contributed by atoms with Gasteiger partial charge in [0, 0.05) is 21.6 Å². The molecule has 45 heavy (non-hydrogen) atoms. The van der Waals surface area contributed by atoms with Gasteiger partial charge in [-0.15, -0.1) is 0 Å². The molecule has 5 rings (SSSR count). The number of nitrogens with zero attached hydrogens (tertiary/aromatic N) is 2. The first-order valence-corrected chi connectivity index (χ1v) is 16.4. The number of rotatable bonds is 10. The maximum Gasteiger partial charge on any atom is 0.340 e. The highest BCUT2D eigenvalue weighted by atomic mass is 79.9. The average Bonchev–Trinajstić information content (AvgIpc) is 3.60. The van der Waals surface area contributed by atoms with Crippen molar-refractivity contribution in [1.82, 2.24) is 5.48 Å². The van der Waals surface area contributed by atoms with Gasteiger partial charge in [-0.3, -0.25) is 9.63 Å². The molecule has 1 amide bonds. The lowest BCUT2D eigenvalue weighted by Gasteiger charge is -2.46. The van der Waals surface area contributed by atoms with Crippen LogP contribution in [0.4, 0.5) is 20.2 Å². The third kappa shape index (κ3) is 6.68. The molecule has 2 atom stereocenters. The Morgan fingerprint density at radius 3 is 2.27 bits per heavy atom. The van der Waals surface area contributed by atoms with Crippen molar-refractivity contribution in [3.8, 4) is 0 Å². The molecule has 0 bridgehead atoms. The van der Waals surface area contributed by atoms with Gasteiger partial charge in [0.1, 0.15) is 18.2 Å². The number of hydrogen-bond donors (Lipinski definition) is 4. The highest BCUT2D eigenvalue weighted by molar-refractivity contribution is 9.10. The number of aliphatic hydroxyl groups excluding tert-OH is 1. The fraction of sp³-hybridized carbons (Fsp3) is 0.400. The summed E-state index contributed by atoms with van der Waals surface area (Å²) in [6, 6.07) is 9.34. The molecule has 1 fully saturated rings. The van der Waals surface area contributed by atoms with Gasteiger partial charge in [-0.1, -0.05) is 55.1 Å². The van der Waals surface area contributed by atoms with Crippen LogP contribution in [0, 0.1) is 0 Å². The zero-order valence-electron chi connectivity index (χ0n) is 24.6. The number of benzene rings is 2. The average molecular weight is 795 g/mol. The summed E-state index contributed by atoms with van der Waals surface area (Å²) < 4.78 is 42.0. The van der Waals surface area contributed by atoms with Crippen molar-refractivity contribution in [3.63, 3.8) is 0 Å². The summed E-state index contributed by atoms with van der Waals surface area (Å²) >= 11 is 19.8. The van der Waals surface area contributed by atoms with Crippen LogP contribution in [0.3, 0.4) is 0 Å². The van der Waals surface area contributed by atoms with Gasteiger partial charge in [-0.2, -0.15) is 13.8 Å². The first kappa shape index (κ1) is 34.2. The van der Waals surface area contributed by atoms with E-state index in [2.05, 4.69) is 53.0 Å². The summed E-state index contributed by atoms with van der Waals surface area (Å²) in [5, 5.41) is 15.7. The Bertz CT molecular complexity index is 1550. The largest absolute Gasteiger partial charge is 0.393 e. The number of carbonyl (C=O) groups excluding carboxylic acids is 1. The van der Waals surface area contributed by atoms with Gasteiger partial charge in [0.05, 0.1) is 40.6 Å². The van der Waals surface area contributed by atoms with Crippen LogP contribution in [0.15, 0.2) is 73.4 Å². The van der Waals surface area contributed by atoms with Gasteiger partial charge in [-0.05, 0) is 63.1 Å². The van der Waals surface area contributed by atoms with E-state index in [9.17, 15) is 9.90 Å². The molecule has 2 aromatic rings. The molecule has 0 saturated carbocycles. The summed E-state index contributed by atoms with van der Waals surface area (Å²) in [6.45, 7) is 3.54. The maximum absolute atomic E-state index is 17.5. The van der Waals surface area contributed by atoms with Crippen LogP contribution in [0.2, 0.25) is 10.0 Å². The van der Waals surface area contributed by atoms with Crippen molar-refractivity contribution < 1.29 is 32.7 Å². The first-order chi connectivity index (χ1) is 21.1. The molecular formula is C30H32Br2Cl2F2N5O4+. The molecule has 2 aromatic carbocycles. The fourth-order valence-electron chi connectivity index (χ4n) is 5.38. The molecule has 2 heterocycles. The van der Waals surface area contributed by atoms with Gasteiger partial charge in [0.2, 0.25) is 5.66 Å². The number of anilines is 2. The second kappa shape index (κ2) is 12.8. The summed E-state index contributed by atoms with van der Waals surface area (Å²) in [7, 11) is 1.74. The van der Waals surface area contributed by atoms with Crippen molar-refractivity contribution in [2.45, 2.75) is 50.0 Å². The molecule has 0 radical (unpaired) electrons.